The number of hydrogen-bond acceptors (Lipinski definition) is 2. The van der Waals surface area contributed by atoms with E-state index < -0.39 is 17.2 Å². The molecule has 1 aliphatic carbocycles. The Bertz CT molecular complexity index is 960. The number of rotatable bonds is 12. The predicted octanol–water partition coefficient (Wildman–Crippen LogP) is 8.56. The van der Waals surface area contributed by atoms with E-state index in [0.29, 0.717) is 6.42 Å². The summed E-state index contributed by atoms with van der Waals surface area (Å²) in [7, 11) is 0. The third-order valence-corrected chi connectivity index (χ3v) is 8.12. The number of hydrogen-bond donors (Lipinski definition) is 0. The second-order valence-electron chi connectivity index (χ2n) is 10.3. The van der Waals surface area contributed by atoms with E-state index in [2.05, 4.69) is 49.1 Å². The summed E-state index contributed by atoms with van der Waals surface area (Å²) >= 11 is 0. The van der Waals surface area contributed by atoms with Gasteiger partial charge in [-0.1, -0.05) is 81.6 Å². The summed E-state index contributed by atoms with van der Waals surface area (Å²) in [6.45, 7) is 6.20. The molecule has 196 valence electrons. The van der Waals surface area contributed by atoms with Gasteiger partial charge < -0.3 is 4.90 Å². The van der Waals surface area contributed by atoms with Gasteiger partial charge in [0.2, 0.25) is 0 Å². The van der Waals surface area contributed by atoms with E-state index in [9.17, 15) is 18.4 Å². The van der Waals surface area contributed by atoms with E-state index in [-0.39, 0.29) is 17.5 Å². The number of benzene rings is 2. The highest BCUT2D eigenvalue weighted by Crippen LogP contribution is 2.48. The van der Waals surface area contributed by atoms with Gasteiger partial charge in [0, 0.05) is 12.6 Å². The van der Waals surface area contributed by atoms with Gasteiger partial charge in [-0.15, -0.1) is 0 Å². The Morgan fingerprint density at radius 2 is 1.56 bits per heavy atom. The van der Waals surface area contributed by atoms with E-state index in [1.807, 2.05) is 6.07 Å². The molecule has 0 bridgehead atoms. The van der Waals surface area contributed by atoms with Crippen molar-refractivity contribution < 1.29 is 13.2 Å². The summed E-state index contributed by atoms with van der Waals surface area (Å²) in [6.07, 6.45) is 4.31. The van der Waals surface area contributed by atoms with Gasteiger partial charge in [-0.05, 0) is 74.6 Å². The Morgan fingerprint density at radius 1 is 0.917 bits per heavy atom. The quantitative estimate of drug-likeness (QED) is 0.293. The largest absolute Gasteiger partial charge is 0.416 e. The van der Waals surface area contributed by atoms with Crippen molar-refractivity contribution >= 4 is 0 Å². The van der Waals surface area contributed by atoms with Gasteiger partial charge in [0.15, 0.2) is 0 Å². The lowest BCUT2D eigenvalue weighted by Gasteiger charge is -2.41. The third-order valence-electron chi connectivity index (χ3n) is 8.12. The first-order valence-corrected chi connectivity index (χ1v) is 13.7. The molecule has 2 nitrogen and oxygen atoms in total. The van der Waals surface area contributed by atoms with Gasteiger partial charge in [0.25, 0.3) is 0 Å². The fourth-order valence-electron chi connectivity index (χ4n) is 6.20. The predicted molar refractivity (Wildman–Crippen MR) is 141 cm³/mol. The molecular formula is C31H41F3N2. The monoisotopic (exact) mass is 498 g/mol. The second-order valence-corrected chi connectivity index (χ2v) is 10.3. The lowest BCUT2D eigenvalue weighted by Crippen LogP contribution is -2.41. The third kappa shape index (κ3) is 6.91. The normalized spacial score (nSPS) is 17.5. The molecule has 1 fully saturated rings. The van der Waals surface area contributed by atoms with Crippen LogP contribution in [0.25, 0.3) is 0 Å². The van der Waals surface area contributed by atoms with Gasteiger partial charge in [-0.3, -0.25) is 0 Å². The van der Waals surface area contributed by atoms with Crippen LogP contribution in [0.1, 0.15) is 88.3 Å². The zero-order chi connectivity index (χ0) is 26.0. The van der Waals surface area contributed by atoms with Crippen molar-refractivity contribution in [2.45, 2.75) is 95.7 Å². The summed E-state index contributed by atoms with van der Waals surface area (Å²) in [6, 6.07) is 19.0. The zero-order valence-electron chi connectivity index (χ0n) is 21.9. The topological polar surface area (TPSA) is 27.0 Å². The molecule has 0 amide bonds. The van der Waals surface area contributed by atoms with E-state index in [0.717, 1.165) is 76.9 Å². The summed E-state index contributed by atoms with van der Waals surface area (Å²) in [5, 5.41) is 10.6. The minimum Gasteiger partial charge on any atom is -0.300 e. The molecular weight excluding hydrogens is 457 g/mol. The smallest absolute Gasteiger partial charge is 0.300 e. The summed E-state index contributed by atoms with van der Waals surface area (Å²) < 4.78 is 42.4. The SMILES string of the molecule is CCCN(CCc1ccccc1)C(CC)CCC(C#N)(c1ccccc1C(F)(F)F)C1CCCCC1. The Balaban J connectivity index is 1.89. The summed E-state index contributed by atoms with van der Waals surface area (Å²) in [5.74, 6) is -0.0406. The van der Waals surface area contributed by atoms with Crippen molar-refractivity contribution in [3.05, 3.63) is 71.3 Å². The van der Waals surface area contributed by atoms with Gasteiger partial charge in [-0.2, -0.15) is 18.4 Å². The lowest BCUT2D eigenvalue weighted by atomic mass is 9.62. The van der Waals surface area contributed by atoms with Crippen molar-refractivity contribution in [1.29, 1.82) is 5.26 Å². The highest BCUT2D eigenvalue weighted by Gasteiger charge is 2.46. The minimum absolute atomic E-state index is 0.0406. The van der Waals surface area contributed by atoms with Gasteiger partial charge in [0.1, 0.15) is 0 Å². The van der Waals surface area contributed by atoms with Crippen LogP contribution >= 0.6 is 0 Å². The van der Waals surface area contributed by atoms with Gasteiger partial charge in [-0.25, -0.2) is 0 Å². The molecule has 0 heterocycles. The number of nitrogens with zero attached hydrogens (tertiary/aromatic N) is 2. The highest BCUT2D eigenvalue weighted by molar-refractivity contribution is 5.42. The van der Waals surface area contributed by atoms with E-state index in [1.165, 1.54) is 11.6 Å². The van der Waals surface area contributed by atoms with Crippen LogP contribution in [-0.4, -0.2) is 24.0 Å². The van der Waals surface area contributed by atoms with E-state index in [4.69, 9.17) is 0 Å². The first-order chi connectivity index (χ1) is 17.4. The molecule has 0 N–H and O–H groups in total. The van der Waals surface area contributed by atoms with E-state index >= 15 is 0 Å². The van der Waals surface area contributed by atoms with Crippen LogP contribution in [0.4, 0.5) is 13.2 Å². The maximum Gasteiger partial charge on any atom is 0.416 e. The van der Waals surface area contributed by atoms with Crippen LogP contribution in [-0.2, 0) is 18.0 Å². The van der Waals surface area contributed by atoms with Crippen LogP contribution in [0.5, 0.6) is 0 Å². The minimum atomic E-state index is -4.47. The molecule has 3 rings (SSSR count). The highest BCUT2D eigenvalue weighted by atomic mass is 19.4. The van der Waals surface area contributed by atoms with Crippen LogP contribution < -0.4 is 0 Å². The molecule has 0 aliphatic heterocycles. The standard InChI is InChI=1S/C31H41F3N2/c1-3-22-36(23-20-25-13-7-5-8-14-25)27(4-2)19-21-30(24-35,26-15-9-6-10-16-26)28-17-11-12-18-29(28)31(32,33)34/h5,7-8,11-14,17-18,26-27H,3-4,6,9-10,15-16,19-23H2,1-2H3. The van der Waals surface area contributed by atoms with Crippen molar-refractivity contribution in [2.24, 2.45) is 5.92 Å². The number of halogens is 3. The average Bonchev–Trinajstić information content (AvgIpc) is 2.90. The number of nitriles is 1. The van der Waals surface area contributed by atoms with Crippen LogP contribution in [0.15, 0.2) is 54.6 Å². The van der Waals surface area contributed by atoms with E-state index in [1.54, 1.807) is 12.1 Å². The first kappa shape index (κ1) is 28.3. The van der Waals surface area contributed by atoms with Crippen LogP contribution in [0, 0.1) is 17.2 Å². The summed E-state index contributed by atoms with van der Waals surface area (Å²) in [4.78, 5) is 2.49. The van der Waals surface area contributed by atoms with Crippen LogP contribution in [0.2, 0.25) is 0 Å². The zero-order valence-corrected chi connectivity index (χ0v) is 21.9. The van der Waals surface area contributed by atoms with Crippen molar-refractivity contribution in [3.8, 4) is 6.07 Å². The second kappa shape index (κ2) is 13.3. The molecule has 2 aromatic carbocycles. The van der Waals surface area contributed by atoms with Crippen molar-refractivity contribution in [2.75, 3.05) is 13.1 Å². The molecule has 2 unspecified atom stereocenters. The molecule has 1 saturated carbocycles. The average molecular weight is 499 g/mol. The van der Waals surface area contributed by atoms with Gasteiger partial charge in [0.05, 0.1) is 17.0 Å². The van der Waals surface area contributed by atoms with Gasteiger partial charge >= 0.3 is 6.18 Å². The molecule has 36 heavy (non-hydrogen) atoms. The molecule has 0 spiro atoms. The lowest BCUT2D eigenvalue weighted by molar-refractivity contribution is -0.138. The van der Waals surface area contributed by atoms with Crippen molar-refractivity contribution in [3.63, 3.8) is 0 Å². The molecule has 5 heteroatoms. The van der Waals surface area contributed by atoms with Crippen molar-refractivity contribution in [1.82, 2.24) is 4.90 Å². The fraction of sp³-hybridized carbons (Fsp3) is 0.581. The molecule has 2 aromatic rings. The maximum absolute atomic E-state index is 14.1. The molecule has 0 radical (unpaired) electrons. The molecule has 0 saturated heterocycles. The maximum atomic E-state index is 14.1. The Labute approximate surface area is 215 Å². The Morgan fingerprint density at radius 3 is 2.14 bits per heavy atom. The summed E-state index contributed by atoms with van der Waals surface area (Å²) in [5.41, 5.74) is -0.272. The van der Waals surface area contributed by atoms with Crippen LogP contribution in [0.3, 0.4) is 0 Å². The Kier molecular flexibility index (Phi) is 10.4. The molecule has 0 aromatic heterocycles. The molecule has 2 atom stereocenters. The fourth-order valence-corrected chi connectivity index (χ4v) is 6.20. The number of alkyl halides is 3. The first-order valence-electron chi connectivity index (χ1n) is 13.7. The molecule has 1 aliphatic rings. The Hall–Kier alpha value is -2.32.